The van der Waals surface area contributed by atoms with E-state index in [4.69, 9.17) is 16.3 Å². The number of aromatic nitrogens is 2. The molecule has 2 rings (SSSR count). The molecule has 2 atom stereocenters. The molecule has 0 bridgehead atoms. The highest BCUT2D eigenvalue weighted by molar-refractivity contribution is 6.29. The first-order valence-corrected chi connectivity index (χ1v) is 7.95. The minimum atomic E-state index is -0.121. The van der Waals surface area contributed by atoms with Crippen LogP contribution in [0.25, 0.3) is 0 Å². The molecule has 1 N–H and O–H groups in total. The predicted octanol–water partition coefficient (Wildman–Crippen LogP) is 4.04. The number of halogens is 1. The first kappa shape index (κ1) is 16.5. The maximum atomic E-state index is 6.13. The van der Waals surface area contributed by atoms with E-state index in [9.17, 15) is 0 Å². The van der Waals surface area contributed by atoms with E-state index in [1.165, 1.54) is 0 Å². The summed E-state index contributed by atoms with van der Waals surface area (Å²) in [7, 11) is 0. The normalized spacial score (nSPS) is 24.5. The van der Waals surface area contributed by atoms with Crippen molar-refractivity contribution in [3.05, 3.63) is 17.0 Å². The molecule has 4 nitrogen and oxygen atoms in total. The monoisotopic (exact) mass is 311 g/mol. The Morgan fingerprint density at radius 3 is 2.57 bits per heavy atom. The van der Waals surface area contributed by atoms with Crippen LogP contribution in [0, 0.1) is 5.41 Å². The van der Waals surface area contributed by atoms with E-state index in [1.807, 2.05) is 6.92 Å². The van der Waals surface area contributed by atoms with Gasteiger partial charge in [0.25, 0.3) is 0 Å². The van der Waals surface area contributed by atoms with E-state index in [0.29, 0.717) is 17.3 Å². The van der Waals surface area contributed by atoms with E-state index in [0.717, 1.165) is 24.7 Å². The molecule has 0 spiro atoms. The van der Waals surface area contributed by atoms with Crippen molar-refractivity contribution in [2.24, 2.45) is 5.41 Å². The van der Waals surface area contributed by atoms with Gasteiger partial charge in [0, 0.05) is 29.5 Å². The number of nitrogens with zero attached hydrogens (tertiary/aromatic N) is 2. The van der Waals surface area contributed by atoms with Crippen LogP contribution >= 0.6 is 11.6 Å². The summed E-state index contributed by atoms with van der Waals surface area (Å²) in [4.78, 5) is 8.94. The number of anilines is 1. The molecule has 5 heteroatoms. The molecule has 0 aliphatic heterocycles. The number of hydrogen-bond donors (Lipinski definition) is 1. The Morgan fingerprint density at radius 1 is 1.38 bits per heavy atom. The van der Waals surface area contributed by atoms with E-state index in [-0.39, 0.29) is 10.8 Å². The van der Waals surface area contributed by atoms with Gasteiger partial charge in [0.1, 0.15) is 16.8 Å². The second-order valence-corrected chi connectivity index (χ2v) is 7.73. The highest BCUT2D eigenvalue weighted by Crippen LogP contribution is 2.44. The van der Waals surface area contributed by atoms with Crippen molar-refractivity contribution in [1.82, 2.24) is 9.97 Å². The average Bonchev–Trinajstić information content (AvgIpc) is 2.36. The Kier molecular flexibility index (Phi) is 4.50. The summed E-state index contributed by atoms with van der Waals surface area (Å²) < 4.78 is 5.76. The van der Waals surface area contributed by atoms with Crippen molar-refractivity contribution in [1.29, 1.82) is 0 Å². The molecule has 0 aromatic carbocycles. The fourth-order valence-corrected chi connectivity index (χ4v) is 2.80. The van der Waals surface area contributed by atoms with Crippen molar-refractivity contribution in [2.45, 2.75) is 65.5 Å². The lowest BCUT2D eigenvalue weighted by Gasteiger charge is -2.51. The Hall–Kier alpha value is -0.870. The molecular formula is C16H26ClN3O. The summed E-state index contributed by atoms with van der Waals surface area (Å²) in [6.45, 7) is 13.5. The topological polar surface area (TPSA) is 47.0 Å². The number of ether oxygens (including phenoxy) is 1. The van der Waals surface area contributed by atoms with Crippen LogP contribution in [0.5, 0.6) is 0 Å². The van der Waals surface area contributed by atoms with Gasteiger partial charge in [0.05, 0.1) is 6.10 Å². The zero-order valence-corrected chi connectivity index (χ0v) is 14.6. The van der Waals surface area contributed by atoms with Gasteiger partial charge in [-0.25, -0.2) is 9.97 Å². The van der Waals surface area contributed by atoms with Crippen LogP contribution in [0.4, 0.5) is 5.82 Å². The minimum Gasteiger partial charge on any atom is -0.378 e. The van der Waals surface area contributed by atoms with Crippen molar-refractivity contribution >= 4 is 17.4 Å². The summed E-state index contributed by atoms with van der Waals surface area (Å²) in [5, 5.41) is 3.98. The molecule has 21 heavy (non-hydrogen) atoms. The third-order valence-electron chi connectivity index (χ3n) is 4.23. The van der Waals surface area contributed by atoms with Gasteiger partial charge < -0.3 is 10.1 Å². The Morgan fingerprint density at radius 2 is 2.05 bits per heavy atom. The molecule has 1 aromatic rings. The molecule has 1 aliphatic rings. The van der Waals surface area contributed by atoms with E-state index >= 15 is 0 Å². The fraction of sp³-hybridized carbons (Fsp3) is 0.750. The second-order valence-electron chi connectivity index (χ2n) is 7.35. The van der Waals surface area contributed by atoms with Crippen LogP contribution in [0.3, 0.4) is 0 Å². The van der Waals surface area contributed by atoms with Crippen molar-refractivity contribution < 1.29 is 4.74 Å². The predicted molar refractivity (Wildman–Crippen MR) is 87.0 cm³/mol. The molecule has 1 aromatic heterocycles. The first-order chi connectivity index (χ1) is 9.64. The molecule has 0 amide bonds. The Labute approximate surface area is 132 Å². The molecule has 118 valence electrons. The maximum Gasteiger partial charge on any atom is 0.137 e. The minimum absolute atomic E-state index is 0.0926. The van der Waals surface area contributed by atoms with Crippen LogP contribution in [-0.2, 0) is 10.2 Å². The molecule has 0 radical (unpaired) electrons. The maximum absolute atomic E-state index is 6.13. The smallest absolute Gasteiger partial charge is 0.137 e. The standard InChI is InChI=1S/C16H26ClN3O/c1-7-21-11-8-10(16(11,5)6)18-13-9-12(17)19-14(20-13)15(2,3)4/h9-11H,7-8H2,1-6H3,(H,18,19,20). The largest absolute Gasteiger partial charge is 0.378 e. The number of hydrogen-bond acceptors (Lipinski definition) is 4. The van der Waals surface area contributed by atoms with Crippen molar-refractivity contribution in [2.75, 3.05) is 11.9 Å². The summed E-state index contributed by atoms with van der Waals surface area (Å²) in [6, 6.07) is 2.13. The second kappa shape index (κ2) is 5.73. The van der Waals surface area contributed by atoms with Gasteiger partial charge in [0.2, 0.25) is 0 Å². The van der Waals surface area contributed by atoms with Gasteiger partial charge >= 0.3 is 0 Å². The lowest BCUT2D eigenvalue weighted by Crippen LogP contribution is -2.58. The highest BCUT2D eigenvalue weighted by Gasteiger charge is 2.49. The molecule has 0 saturated heterocycles. The summed E-state index contributed by atoms with van der Waals surface area (Å²) in [5.74, 6) is 1.56. The zero-order chi connectivity index (χ0) is 15.8. The quantitative estimate of drug-likeness (QED) is 0.852. The molecule has 1 aliphatic carbocycles. The lowest BCUT2D eigenvalue weighted by atomic mass is 9.64. The molecule has 1 heterocycles. The van der Waals surface area contributed by atoms with Gasteiger partial charge in [0.15, 0.2) is 0 Å². The van der Waals surface area contributed by atoms with Crippen LogP contribution < -0.4 is 5.32 Å². The van der Waals surface area contributed by atoms with E-state index < -0.39 is 0 Å². The van der Waals surface area contributed by atoms with Crippen LogP contribution in [0.15, 0.2) is 6.07 Å². The van der Waals surface area contributed by atoms with Crippen LogP contribution in [-0.4, -0.2) is 28.7 Å². The van der Waals surface area contributed by atoms with Crippen molar-refractivity contribution in [3.63, 3.8) is 0 Å². The molecule has 2 unspecified atom stereocenters. The third-order valence-corrected chi connectivity index (χ3v) is 4.43. The number of nitrogens with one attached hydrogen (secondary N) is 1. The molecular weight excluding hydrogens is 286 g/mol. The Bertz CT molecular complexity index is 511. The summed E-state index contributed by atoms with van der Waals surface area (Å²) in [6.07, 6.45) is 1.30. The lowest BCUT2D eigenvalue weighted by molar-refractivity contribution is -0.0976. The summed E-state index contributed by atoms with van der Waals surface area (Å²) in [5.41, 5.74) is -0.0281. The summed E-state index contributed by atoms with van der Waals surface area (Å²) >= 11 is 6.13. The van der Waals surface area contributed by atoms with E-state index in [2.05, 4.69) is 49.9 Å². The number of rotatable bonds is 4. The molecule has 1 fully saturated rings. The third kappa shape index (κ3) is 3.49. The van der Waals surface area contributed by atoms with Gasteiger partial charge in [-0.2, -0.15) is 0 Å². The average molecular weight is 312 g/mol. The van der Waals surface area contributed by atoms with Crippen LogP contribution in [0.2, 0.25) is 5.15 Å². The van der Waals surface area contributed by atoms with Gasteiger partial charge in [-0.15, -0.1) is 0 Å². The van der Waals surface area contributed by atoms with Gasteiger partial charge in [-0.1, -0.05) is 46.2 Å². The Balaban J connectivity index is 2.13. The van der Waals surface area contributed by atoms with Crippen molar-refractivity contribution in [3.8, 4) is 0 Å². The van der Waals surface area contributed by atoms with E-state index in [1.54, 1.807) is 6.07 Å². The van der Waals surface area contributed by atoms with Gasteiger partial charge in [-0.3, -0.25) is 0 Å². The molecule has 1 saturated carbocycles. The van der Waals surface area contributed by atoms with Crippen LogP contribution in [0.1, 0.15) is 53.8 Å². The van der Waals surface area contributed by atoms with Gasteiger partial charge in [-0.05, 0) is 13.3 Å². The fourth-order valence-electron chi connectivity index (χ4n) is 2.62. The first-order valence-electron chi connectivity index (χ1n) is 7.57. The SMILES string of the molecule is CCOC1CC(Nc2cc(Cl)nc(C(C)(C)C)n2)C1(C)C. The highest BCUT2D eigenvalue weighted by atomic mass is 35.5. The zero-order valence-electron chi connectivity index (χ0n) is 13.8.